The van der Waals surface area contributed by atoms with Crippen molar-refractivity contribution in [2.45, 2.75) is 39.7 Å². The Morgan fingerprint density at radius 1 is 0.931 bits per heavy atom. The molecule has 5 N–H and O–H groups in total. The maximum Gasteiger partial charge on any atom is 0.266 e. The fourth-order valence-corrected chi connectivity index (χ4v) is 3.18. The number of nitrogens with one attached hydrogen (secondary N) is 3. The second-order valence-corrected chi connectivity index (χ2v) is 8.11. The summed E-state index contributed by atoms with van der Waals surface area (Å²) in [5.74, 6) is -2.79. The Morgan fingerprint density at radius 2 is 1.59 bits per heavy atom. The monoisotopic (exact) mass is 401 g/mol. The molecule has 8 heteroatoms. The first-order chi connectivity index (χ1) is 13.7. The summed E-state index contributed by atoms with van der Waals surface area (Å²) in [6, 6.07) is 12.5. The summed E-state index contributed by atoms with van der Waals surface area (Å²) < 4.78 is 0. The van der Waals surface area contributed by atoms with E-state index >= 15 is 0 Å². The fourth-order valence-electron chi connectivity index (χ4n) is 3.18. The lowest BCUT2D eigenvalue weighted by molar-refractivity contribution is -0.140. The van der Waals surface area contributed by atoms with Gasteiger partial charge in [-0.05, 0) is 28.2 Å². The summed E-state index contributed by atoms with van der Waals surface area (Å²) >= 11 is 0. The number of fused-ring (bicyclic) bond motifs is 1. The van der Waals surface area contributed by atoms with Gasteiger partial charge < -0.3 is 5.32 Å². The molecular formula is C21H27N3O5. The van der Waals surface area contributed by atoms with Crippen LogP contribution >= 0.6 is 0 Å². The molecule has 3 amide bonds. The molecule has 8 nitrogen and oxygen atoms in total. The predicted octanol–water partition coefficient (Wildman–Crippen LogP) is 1.93. The Hall–Kier alpha value is -2.97. The maximum absolute atomic E-state index is 12.9. The van der Waals surface area contributed by atoms with Crippen molar-refractivity contribution in [3.8, 4) is 0 Å². The minimum atomic E-state index is -1.00. The summed E-state index contributed by atoms with van der Waals surface area (Å²) in [7, 11) is 0. The molecule has 0 aromatic heterocycles. The molecule has 0 saturated carbocycles. The molecule has 0 spiro atoms. The SMILES string of the molecule is CC(C)(C)[C@H](NC(=O)C(CC(=O)NO)Cc1ccc2ccccc2c1)C(=O)NO. The van der Waals surface area contributed by atoms with Gasteiger partial charge in [0.15, 0.2) is 0 Å². The third-order valence-electron chi connectivity index (χ3n) is 4.75. The van der Waals surface area contributed by atoms with Crippen LogP contribution in [0.4, 0.5) is 0 Å². The molecule has 2 atom stereocenters. The van der Waals surface area contributed by atoms with Crippen molar-refractivity contribution in [3.05, 3.63) is 48.0 Å². The van der Waals surface area contributed by atoms with E-state index in [9.17, 15) is 14.4 Å². The first-order valence-electron chi connectivity index (χ1n) is 9.30. The predicted molar refractivity (Wildman–Crippen MR) is 107 cm³/mol. The highest BCUT2D eigenvalue weighted by atomic mass is 16.5. The second-order valence-electron chi connectivity index (χ2n) is 8.11. The van der Waals surface area contributed by atoms with Crippen molar-refractivity contribution in [2.24, 2.45) is 11.3 Å². The van der Waals surface area contributed by atoms with E-state index in [1.165, 1.54) is 0 Å². The van der Waals surface area contributed by atoms with Crippen LogP contribution < -0.4 is 16.3 Å². The van der Waals surface area contributed by atoms with E-state index < -0.39 is 35.1 Å². The van der Waals surface area contributed by atoms with Crippen molar-refractivity contribution >= 4 is 28.5 Å². The number of benzene rings is 2. The van der Waals surface area contributed by atoms with E-state index in [-0.39, 0.29) is 12.8 Å². The van der Waals surface area contributed by atoms with Crippen LogP contribution in [0.1, 0.15) is 32.8 Å². The van der Waals surface area contributed by atoms with Gasteiger partial charge in [0.1, 0.15) is 6.04 Å². The van der Waals surface area contributed by atoms with Crippen molar-refractivity contribution in [3.63, 3.8) is 0 Å². The van der Waals surface area contributed by atoms with Crippen LogP contribution in [0.15, 0.2) is 42.5 Å². The molecule has 2 aromatic carbocycles. The van der Waals surface area contributed by atoms with E-state index in [0.717, 1.165) is 16.3 Å². The Morgan fingerprint density at radius 3 is 2.17 bits per heavy atom. The summed E-state index contributed by atoms with van der Waals surface area (Å²) in [6.07, 6.45) is -0.0194. The lowest BCUT2D eigenvalue weighted by atomic mass is 9.85. The van der Waals surface area contributed by atoms with Crippen LogP contribution in [0.3, 0.4) is 0 Å². The number of carbonyl (C=O) groups is 3. The van der Waals surface area contributed by atoms with Gasteiger partial charge in [-0.3, -0.25) is 24.8 Å². The molecule has 0 fully saturated rings. The molecular weight excluding hydrogens is 374 g/mol. The zero-order chi connectivity index (χ0) is 21.6. The van der Waals surface area contributed by atoms with Crippen molar-refractivity contribution < 1.29 is 24.8 Å². The summed E-state index contributed by atoms with van der Waals surface area (Å²) in [6.45, 7) is 5.23. The van der Waals surface area contributed by atoms with Gasteiger partial charge >= 0.3 is 0 Å². The van der Waals surface area contributed by atoms with Gasteiger partial charge in [0.25, 0.3) is 5.91 Å². The zero-order valence-corrected chi connectivity index (χ0v) is 16.7. The summed E-state index contributed by atoms with van der Waals surface area (Å²) in [5, 5.41) is 22.6. The molecule has 0 bridgehead atoms. The average molecular weight is 401 g/mol. The highest BCUT2D eigenvalue weighted by Crippen LogP contribution is 2.22. The normalized spacial score (nSPS) is 13.4. The van der Waals surface area contributed by atoms with Crippen LogP contribution in [0.5, 0.6) is 0 Å². The van der Waals surface area contributed by atoms with Gasteiger partial charge in [-0.15, -0.1) is 0 Å². The van der Waals surface area contributed by atoms with Crippen molar-refractivity contribution in [2.75, 3.05) is 0 Å². The minimum absolute atomic E-state index is 0.238. The highest BCUT2D eigenvalue weighted by molar-refractivity contribution is 5.91. The van der Waals surface area contributed by atoms with E-state index in [0.29, 0.717) is 0 Å². The van der Waals surface area contributed by atoms with E-state index in [4.69, 9.17) is 10.4 Å². The fraction of sp³-hybridized carbons (Fsp3) is 0.381. The zero-order valence-electron chi connectivity index (χ0n) is 16.7. The molecule has 0 aliphatic rings. The first-order valence-corrected chi connectivity index (χ1v) is 9.30. The molecule has 156 valence electrons. The highest BCUT2D eigenvalue weighted by Gasteiger charge is 2.35. The quantitative estimate of drug-likeness (QED) is 0.358. The smallest absolute Gasteiger partial charge is 0.266 e. The van der Waals surface area contributed by atoms with Crippen LogP contribution in [0.25, 0.3) is 10.8 Å². The Bertz CT molecular complexity index is 891. The molecule has 0 aliphatic carbocycles. The largest absolute Gasteiger partial charge is 0.343 e. The number of hydrogen-bond donors (Lipinski definition) is 5. The molecule has 0 saturated heterocycles. The lowest BCUT2D eigenvalue weighted by Crippen LogP contribution is -2.54. The molecule has 2 aromatic rings. The van der Waals surface area contributed by atoms with Gasteiger partial charge in [-0.25, -0.2) is 11.0 Å². The third kappa shape index (κ3) is 6.00. The number of amides is 3. The van der Waals surface area contributed by atoms with Crippen molar-refractivity contribution in [1.82, 2.24) is 16.3 Å². The van der Waals surface area contributed by atoms with Gasteiger partial charge in [-0.1, -0.05) is 63.2 Å². The number of carbonyl (C=O) groups excluding carboxylic acids is 3. The Labute approximate surface area is 169 Å². The average Bonchev–Trinajstić information content (AvgIpc) is 2.69. The van der Waals surface area contributed by atoms with E-state index in [1.54, 1.807) is 31.7 Å². The molecule has 1 unspecified atom stereocenters. The number of hydrogen-bond acceptors (Lipinski definition) is 5. The van der Waals surface area contributed by atoms with E-state index in [1.807, 2.05) is 42.5 Å². The molecule has 0 radical (unpaired) electrons. The molecule has 29 heavy (non-hydrogen) atoms. The summed E-state index contributed by atoms with van der Waals surface area (Å²) in [4.78, 5) is 36.7. The number of rotatable bonds is 7. The summed E-state index contributed by atoms with van der Waals surface area (Å²) in [5.41, 5.74) is 3.28. The third-order valence-corrected chi connectivity index (χ3v) is 4.75. The molecule has 2 rings (SSSR count). The van der Waals surface area contributed by atoms with Crippen molar-refractivity contribution in [1.29, 1.82) is 0 Å². The van der Waals surface area contributed by atoms with Crippen LogP contribution in [-0.2, 0) is 20.8 Å². The Balaban J connectivity index is 2.26. The minimum Gasteiger partial charge on any atom is -0.343 e. The van der Waals surface area contributed by atoms with E-state index in [2.05, 4.69) is 5.32 Å². The molecule has 0 aliphatic heterocycles. The van der Waals surface area contributed by atoms with Gasteiger partial charge in [0.05, 0.1) is 5.92 Å². The standard InChI is InChI=1S/C21H27N3O5/c1-21(2,3)18(20(27)24-29)22-19(26)16(12-17(25)23-28)11-13-8-9-14-6-4-5-7-15(14)10-13/h4-10,16,18,28-29H,11-12H2,1-3H3,(H,22,26)(H,23,25)(H,24,27)/t16?,18-/m1/s1. The Kier molecular flexibility index (Phi) is 7.30. The van der Waals surface area contributed by atoms with Gasteiger partial charge in [0.2, 0.25) is 11.8 Å². The number of hydroxylamine groups is 2. The van der Waals surface area contributed by atoms with Crippen LogP contribution in [0.2, 0.25) is 0 Å². The van der Waals surface area contributed by atoms with Gasteiger partial charge in [0, 0.05) is 6.42 Å². The van der Waals surface area contributed by atoms with Gasteiger partial charge in [-0.2, -0.15) is 0 Å². The first kappa shape index (κ1) is 22.3. The van der Waals surface area contributed by atoms with Crippen LogP contribution in [-0.4, -0.2) is 34.2 Å². The maximum atomic E-state index is 12.9. The van der Waals surface area contributed by atoms with Crippen LogP contribution in [0, 0.1) is 11.3 Å². The topological polar surface area (TPSA) is 128 Å². The lowest BCUT2D eigenvalue weighted by Gasteiger charge is -2.30. The second kappa shape index (κ2) is 9.49. The molecule has 0 heterocycles.